The van der Waals surface area contributed by atoms with Gasteiger partial charge in [0, 0.05) is 5.92 Å². The van der Waals surface area contributed by atoms with Crippen LogP contribution in [0.2, 0.25) is 0 Å². The first-order valence-corrected chi connectivity index (χ1v) is 5.47. The summed E-state index contributed by atoms with van der Waals surface area (Å²) in [5.41, 5.74) is 6.54. The summed E-state index contributed by atoms with van der Waals surface area (Å²) in [5, 5.41) is 0. The Bertz CT molecular complexity index is 300. The fourth-order valence-corrected chi connectivity index (χ4v) is 2.30. The molecule has 0 atom stereocenters. The fraction of sp³-hybridized carbons (Fsp3) is 0.727. The van der Waals surface area contributed by atoms with Crippen LogP contribution in [-0.2, 0) is 6.54 Å². The maximum atomic E-state index is 5.67. The zero-order valence-electron chi connectivity index (χ0n) is 8.75. The summed E-state index contributed by atoms with van der Waals surface area (Å²) in [6, 6.07) is 0. The Hall–Kier alpha value is -0.830. The fourth-order valence-electron chi connectivity index (χ4n) is 2.30. The summed E-state index contributed by atoms with van der Waals surface area (Å²) in [5.74, 6) is 2.37. The van der Waals surface area contributed by atoms with Gasteiger partial charge in [-0.1, -0.05) is 19.3 Å². The van der Waals surface area contributed by atoms with Crippen LogP contribution in [0.3, 0.4) is 0 Å². The zero-order valence-corrected chi connectivity index (χ0v) is 8.75. The topological polar surface area (TPSA) is 52.0 Å². The van der Waals surface area contributed by atoms with Gasteiger partial charge in [-0.25, -0.2) is 4.98 Å². The maximum absolute atomic E-state index is 5.67. The van der Waals surface area contributed by atoms with E-state index in [1.165, 1.54) is 32.1 Å². The molecule has 0 amide bonds. The highest BCUT2D eigenvalue weighted by Gasteiger charge is 2.21. The highest BCUT2D eigenvalue weighted by atomic mass is 16.4. The van der Waals surface area contributed by atoms with Crippen LogP contribution in [0.25, 0.3) is 0 Å². The lowest BCUT2D eigenvalue weighted by Gasteiger charge is -2.19. The van der Waals surface area contributed by atoms with Gasteiger partial charge in [-0.3, -0.25) is 0 Å². The minimum absolute atomic E-state index is 0.410. The van der Waals surface area contributed by atoms with Gasteiger partial charge in [-0.05, 0) is 19.8 Å². The van der Waals surface area contributed by atoms with Crippen LogP contribution in [0.15, 0.2) is 4.42 Å². The molecule has 14 heavy (non-hydrogen) atoms. The van der Waals surface area contributed by atoms with Crippen LogP contribution in [0.5, 0.6) is 0 Å². The predicted octanol–water partition coefficient (Wildman–Crippen LogP) is 2.49. The highest BCUT2D eigenvalue weighted by molar-refractivity contribution is 5.13. The number of aromatic nitrogens is 1. The van der Waals surface area contributed by atoms with Gasteiger partial charge in [0.2, 0.25) is 5.89 Å². The van der Waals surface area contributed by atoms with E-state index < -0.39 is 0 Å². The molecule has 78 valence electrons. The maximum Gasteiger partial charge on any atom is 0.208 e. The SMILES string of the molecule is Cc1nc(CN)oc1C1CCCCC1. The Morgan fingerprint density at radius 2 is 2.07 bits per heavy atom. The lowest BCUT2D eigenvalue weighted by molar-refractivity contribution is 0.359. The van der Waals surface area contributed by atoms with Crippen LogP contribution >= 0.6 is 0 Å². The van der Waals surface area contributed by atoms with Crippen LogP contribution < -0.4 is 5.73 Å². The Balaban J connectivity index is 2.17. The van der Waals surface area contributed by atoms with Crippen molar-refractivity contribution in [3.63, 3.8) is 0 Å². The molecule has 1 aromatic heterocycles. The molecule has 0 saturated heterocycles. The van der Waals surface area contributed by atoms with Crippen LogP contribution in [0.4, 0.5) is 0 Å². The van der Waals surface area contributed by atoms with Crippen molar-refractivity contribution in [1.82, 2.24) is 4.98 Å². The predicted molar refractivity (Wildman–Crippen MR) is 55.0 cm³/mol. The molecule has 3 heteroatoms. The van der Waals surface area contributed by atoms with Gasteiger partial charge in [0.25, 0.3) is 0 Å². The van der Waals surface area contributed by atoms with Gasteiger partial charge >= 0.3 is 0 Å². The van der Waals surface area contributed by atoms with Crippen molar-refractivity contribution in [1.29, 1.82) is 0 Å². The monoisotopic (exact) mass is 194 g/mol. The van der Waals surface area contributed by atoms with E-state index in [-0.39, 0.29) is 0 Å². The molecular formula is C11H18N2O. The van der Waals surface area contributed by atoms with E-state index in [9.17, 15) is 0 Å². The lowest BCUT2D eigenvalue weighted by atomic mass is 9.87. The first kappa shape index (κ1) is 9.71. The Labute approximate surface area is 84.7 Å². The number of hydrogen-bond donors (Lipinski definition) is 1. The summed E-state index contributed by atoms with van der Waals surface area (Å²) in [6.45, 7) is 2.43. The largest absolute Gasteiger partial charge is 0.444 e. The minimum atomic E-state index is 0.410. The third kappa shape index (κ3) is 1.82. The van der Waals surface area contributed by atoms with Gasteiger partial charge in [-0.15, -0.1) is 0 Å². The van der Waals surface area contributed by atoms with E-state index in [1.807, 2.05) is 6.92 Å². The second kappa shape index (κ2) is 4.13. The average molecular weight is 194 g/mol. The van der Waals surface area contributed by atoms with E-state index in [1.54, 1.807) is 0 Å². The number of nitrogens with two attached hydrogens (primary N) is 1. The molecule has 0 spiro atoms. The molecule has 0 aliphatic heterocycles. The quantitative estimate of drug-likeness (QED) is 0.787. The molecule has 3 nitrogen and oxygen atoms in total. The molecule has 1 aliphatic carbocycles. The second-order valence-electron chi connectivity index (χ2n) is 4.10. The van der Waals surface area contributed by atoms with Crippen molar-refractivity contribution >= 4 is 0 Å². The molecule has 0 bridgehead atoms. The summed E-state index contributed by atoms with van der Waals surface area (Å²) in [4.78, 5) is 4.31. The van der Waals surface area contributed by atoms with Gasteiger partial charge in [0.1, 0.15) is 5.76 Å². The van der Waals surface area contributed by atoms with E-state index >= 15 is 0 Å². The highest BCUT2D eigenvalue weighted by Crippen LogP contribution is 2.34. The second-order valence-corrected chi connectivity index (χ2v) is 4.10. The van der Waals surface area contributed by atoms with Crippen LogP contribution in [-0.4, -0.2) is 4.98 Å². The first-order valence-electron chi connectivity index (χ1n) is 5.47. The Kier molecular flexibility index (Phi) is 2.87. The lowest BCUT2D eigenvalue weighted by Crippen LogP contribution is -2.04. The molecule has 0 aromatic carbocycles. The van der Waals surface area contributed by atoms with Crippen molar-refractivity contribution in [3.05, 3.63) is 17.3 Å². The van der Waals surface area contributed by atoms with Gasteiger partial charge in [0.15, 0.2) is 0 Å². The summed E-state index contributed by atoms with van der Waals surface area (Å²) >= 11 is 0. The van der Waals surface area contributed by atoms with E-state index in [2.05, 4.69) is 4.98 Å². The third-order valence-corrected chi connectivity index (χ3v) is 3.03. The van der Waals surface area contributed by atoms with Crippen molar-refractivity contribution in [2.75, 3.05) is 0 Å². The van der Waals surface area contributed by atoms with Gasteiger partial charge in [0.05, 0.1) is 12.2 Å². The van der Waals surface area contributed by atoms with Crippen molar-refractivity contribution < 1.29 is 4.42 Å². The molecule has 2 N–H and O–H groups in total. The molecule has 2 rings (SSSR count). The molecule has 1 aliphatic rings. The molecule has 1 aromatic rings. The molecule has 1 fully saturated rings. The zero-order chi connectivity index (χ0) is 9.97. The third-order valence-electron chi connectivity index (χ3n) is 3.03. The number of hydrogen-bond acceptors (Lipinski definition) is 3. The van der Waals surface area contributed by atoms with Crippen molar-refractivity contribution in [2.24, 2.45) is 5.73 Å². The number of oxazole rings is 1. The number of rotatable bonds is 2. The van der Waals surface area contributed by atoms with E-state index in [0.717, 1.165) is 11.5 Å². The van der Waals surface area contributed by atoms with E-state index in [4.69, 9.17) is 10.2 Å². The van der Waals surface area contributed by atoms with Gasteiger partial charge < -0.3 is 10.2 Å². The Morgan fingerprint density at radius 1 is 1.36 bits per heavy atom. The summed E-state index contributed by atoms with van der Waals surface area (Å²) < 4.78 is 5.67. The minimum Gasteiger partial charge on any atom is -0.444 e. The van der Waals surface area contributed by atoms with Gasteiger partial charge in [-0.2, -0.15) is 0 Å². The molecular weight excluding hydrogens is 176 g/mol. The molecule has 0 unspecified atom stereocenters. The summed E-state index contributed by atoms with van der Waals surface area (Å²) in [7, 11) is 0. The first-order chi connectivity index (χ1) is 6.81. The number of aryl methyl sites for hydroxylation is 1. The van der Waals surface area contributed by atoms with Crippen LogP contribution in [0.1, 0.15) is 55.4 Å². The average Bonchev–Trinajstić information content (AvgIpc) is 2.61. The standard InChI is InChI=1S/C11H18N2O/c1-8-11(14-10(7-12)13-8)9-5-3-2-4-6-9/h9H,2-7,12H2,1H3. The van der Waals surface area contributed by atoms with Crippen LogP contribution in [0, 0.1) is 6.92 Å². The van der Waals surface area contributed by atoms with E-state index in [0.29, 0.717) is 18.4 Å². The van der Waals surface area contributed by atoms with Crippen molar-refractivity contribution in [2.45, 2.75) is 51.5 Å². The Morgan fingerprint density at radius 3 is 2.64 bits per heavy atom. The van der Waals surface area contributed by atoms with Crippen molar-refractivity contribution in [3.8, 4) is 0 Å². The normalized spacial score (nSPS) is 18.7. The molecule has 1 heterocycles. The molecule has 0 radical (unpaired) electrons. The number of nitrogens with zero attached hydrogens (tertiary/aromatic N) is 1. The smallest absolute Gasteiger partial charge is 0.208 e. The summed E-state index contributed by atoms with van der Waals surface area (Å²) in [6.07, 6.45) is 6.51. The molecule has 1 saturated carbocycles.